The lowest BCUT2D eigenvalue weighted by molar-refractivity contribution is 0.0921. The van der Waals surface area contributed by atoms with E-state index in [1.165, 1.54) is 6.26 Å². The molecule has 0 radical (unpaired) electrons. The molecule has 5 nitrogen and oxygen atoms in total. The number of amides is 1. The van der Waals surface area contributed by atoms with E-state index in [-0.39, 0.29) is 11.7 Å². The highest BCUT2D eigenvalue weighted by Gasteiger charge is 2.17. The highest BCUT2D eigenvalue weighted by atomic mass is 79.9. The first-order valence-electron chi connectivity index (χ1n) is 6.14. The molecule has 0 atom stereocenters. The summed E-state index contributed by atoms with van der Waals surface area (Å²) in [5.41, 5.74) is 0.873. The average molecular weight is 338 g/mol. The van der Waals surface area contributed by atoms with Crippen LogP contribution in [-0.2, 0) is 6.54 Å². The fourth-order valence-electron chi connectivity index (χ4n) is 1.98. The molecule has 6 heteroatoms. The van der Waals surface area contributed by atoms with Crippen LogP contribution in [0.15, 0.2) is 39.4 Å². The highest BCUT2D eigenvalue weighted by molar-refractivity contribution is 9.10. The summed E-state index contributed by atoms with van der Waals surface area (Å²) in [6, 6.07) is 7.29. The summed E-state index contributed by atoms with van der Waals surface area (Å²) in [7, 11) is 0. The predicted molar refractivity (Wildman–Crippen MR) is 75.0 cm³/mol. The van der Waals surface area contributed by atoms with E-state index in [1.807, 2.05) is 18.2 Å². The standard InChI is InChI=1S/C14H12BrNO4/c15-10-4-5-19-13(10)14(17)16-8-9-2-1-3-11-12(9)20-7-6-18-11/h1-5H,6-8H2,(H,16,17). The summed E-state index contributed by atoms with van der Waals surface area (Å²) in [6.45, 7) is 1.41. The largest absolute Gasteiger partial charge is 0.486 e. The van der Waals surface area contributed by atoms with E-state index >= 15 is 0 Å². The molecule has 1 amide bonds. The molecule has 1 N–H and O–H groups in total. The van der Waals surface area contributed by atoms with Crippen molar-refractivity contribution in [1.82, 2.24) is 5.32 Å². The third-order valence-corrected chi connectivity index (χ3v) is 3.54. The Balaban J connectivity index is 1.73. The first-order valence-corrected chi connectivity index (χ1v) is 6.93. The molecular weight excluding hydrogens is 326 g/mol. The fraction of sp³-hybridized carbons (Fsp3) is 0.214. The summed E-state index contributed by atoms with van der Waals surface area (Å²) < 4.78 is 16.8. The molecule has 2 heterocycles. The normalized spacial score (nSPS) is 13.1. The lowest BCUT2D eigenvalue weighted by Crippen LogP contribution is -2.24. The second-order valence-electron chi connectivity index (χ2n) is 4.22. The van der Waals surface area contributed by atoms with Gasteiger partial charge in [-0.05, 0) is 28.1 Å². The molecule has 1 aromatic heterocycles. The number of ether oxygens (including phenoxy) is 2. The van der Waals surface area contributed by atoms with Crippen LogP contribution < -0.4 is 14.8 Å². The van der Waals surface area contributed by atoms with E-state index in [0.29, 0.717) is 35.7 Å². The van der Waals surface area contributed by atoms with Crippen molar-refractivity contribution in [2.75, 3.05) is 13.2 Å². The Morgan fingerprint density at radius 2 is 2.10 bits per heavy atom. The number of nitrogens with one attached hydrogen (secondary N) is 1. The number of halogens is 1. The minimum atomic E-state index is -0.281. The van der Waals surface area contributed by atoms with Gasteiger partial charge in [-0.1, -0.05) is 12.1 Å². The molecule has 0 aliphatic carbocycles. The van der Waals surface area contributed by atoms with Crippen LogP contribution in [0.5, 0.6) is 11.5 Å². The first-order chi connectivity index (χ1) is 9.75. The van der Waals surface area contributed by atoms with Gasteiger partial charge in [0.15, 0.2) is 11.5 Å². The molecule has 0 unspecified atom stereocenters. The minimum absolute atomic E-state index is 0.256. The molecule has 0 saturated carbocycles. The van der Waals surface area contributed by atoms with Crippen LogP contribution in [0, 0.1) is 0 Å². The van der Waals surface area contributed by atoms with Gasteiger partial charge in [0, 0.05) is 12.1 Å². The number of hydrogen-bond acceptors (Lipinski definition) is 4. The molecular formula is C14H12BrNO4. The van der Waals surface area contributed by atoms with E-state index < -0.39 is 0 Å². The number of furan rings is 1. The average Bonchev–Trinajstić information content (AvgIpc) is 2.91. The summed E-state index contributed by atoms with van der Waals surface area (Å²) in [6.07, 6.45) is 1.46. The number of benzene rings is 1. The van der Waals surface area contributed by atoms with E-state index in [0.717, 1.165) is 5.56 Å². The Labute approximate surface area is 124 Å². The highest BCUT2D eigenvalue weighted by Crippen LogP contribution is 2.33. The van der Waals surface area contributed by atoms with Crippen molar-refractivity contribution in [3.63, 3.8) is 0 Å². The number of para-hydroxylation sites is 1. The van der Waals surface area contributed by atoms with Crippen LogP contribution in [-0.4, -0.2) is 19.1 Å². The van der Waals surface area contributed by atoms with Crippen LogP contribution in [0.1, 0.15) is 16.1 Å². The summed E-state index contributed by atoms with van der Waals surface area (Å²) >= 11 is 3.25. The Morgan fingerprint density at radius 3 is 2.90 bits per heavy atom. The topological polar surface area (TPSA) is 60.7 Å². The van der Waals surface area contributed by atoms with Gasteiger partial charge in [-0.2, -0.15) is 0 Å². The van der Waals surface area contributed by atoms with Gasteiger partial charge in [0.05, 0.1) is 10.7 Å². The molecule has 2 aromatic rings. The molecule has 1 aromatic carbocycles. The van der Waals surface area contributed by atoms with Crippen molar-refractivity contribution in [2.24, 2.45) is 0 Å². The number of rotatable bonds is 3. The molecule has 104 valence electrons. The Hall–Kier alpha value is -1.95. The molecule has 1 aliphatic rings. The Morgan fingerprint density at radius 1 is 1.25 bits per heavy atom. The summed E-state index contributed by atoms with van der Waals surface area (Å²) in [5, 5.41) is 2.79. The molecule has 0 fully saturated rings. The third-order valence-electron chi connectivity index (χ3n) is 2.91. The van der Waals surface area contributed by atoms with Crippen molar-refractivity contribution in [1.29, 1.82) is 0 Å². The van der Waals surface area contributed by atoms with Gasteiger partial charge in [-0.15, -0.1) is 0 Å². The maximum atomic E-state index is 12.0. The number of hydrogen-bond donors (Lipinski definition) is 1. The smallest absolute Gasteiger partial charge is 0.288 e. The second kappa shape index (κ2) is 5.58. The Kier molecular flexibility index (Phi) is 3.64. The van der Waals surface area contributed by atoms with Crippen molar-refractivity contribution < 1.29 is 18.7 Å². The fourth-order valence-corrected chi connectivity index (χ4v) is 2.37. The van der Waals surface area contributed by atoms with Crippen LogP contribution in [0.4, 0.5) is 0 Å². The molecule has 20 heavy (non-hydrogen) atoms. The monoisotopic (exact) mass is 337 g/mol. The molecule has 3 rings (SSSR count). The maximum Gasteiger partial charge on any atom is 0.288 e. The van der Waals surface area contributed by atoms with Crippen molar-refractivity contribution in [2.45, 2.75) is 6.54 Å². The van der Waals surface area contributed by atoms with Gasteiger partial charge in [0.25, 0.3) is 5.91 Å². The van der Waals surface area contributed by atoms with Gasteiger partial charge < -0.3 is 19.2 Å². The Bertz CT molecular complexity index is 638. The lowest BCUT2D eigenvalue weighted by Gasteiger charge is -2.21. The summed E-state index contributed by atoms with van der Waals surface area (Å²) in [4.78, 5) is 12.0. The van der Waals surface area contributed by atoms with Crippen LogP contribution in [0.25, 0.3) is 0 Å². The SMILES string of the molecule is O=C(NCc1cccc2c1OCCO2)c1occc1Br. The summed E-state index contributed by atoms with van der Waals surface area (Å²) in [5.74, 6) is 1.38. The first kappa shape index (κ1) is 13.1. The van der Waals surface area contributed by atoms with Gasteiger partial charge >= 0.3 is 0 Å². The zero-order chi connectivity index (χ0) is 13.9. The number of carbonyl (C=O) groups excluding carboxylic acids is 1. The van der Waals surface area contributed by atoms with E-state index in [1.54, 1.807) is 6.07 Å². The van der Waals surface area contributed by atoms with E-state index in [4.69, 9.17) is 13.9 Å². The number of fused-ring (bicyclic) bond motifs is 1. The third kappa shape index (κ3) is 2.51. The molecule has 0 bridgehead atoms. The number of carbonyl (C=O) groups is 1. The quantitative estimate of drug-likeness (QED) is 0.935. The minimum Gasteiger partial charge on any atom is -0.486 e. The van der Waals surface area contributed by atoms with Crippen LogP contribution in [0.2, 0.25) is 0 Å². The van der Waals surface area contributed by atoms with Crippen molar-refractivity contribution in [3.8, 4) is 11.5 Å². The van der Waals surface area contributed by atoms with Gasteiger partial charge in [0.2, 0.25) is 5.76 Å². The lowest BCUT2D eigenvalue weighted by atomic mass is 10.1. The second-order valence-corrected chi connectivity index (χ2v) is 5.08. The molecule has 0 saturated heterocycles. The zero-order valence-electron chi connectivity index (χ0n) is 10.5. The van der Waals surface area contributed by atoms with Crippen molar-refractivity contribution >= 4 is 21.8 Å². The van der Waals surface area contributed by atoms with Crippen molar-refractivity contribution in [3.05, 3.63) is 46.3 Å². The van der Waals surface area contributed by atoms with Gasteiger partial charge in [-0.3, -0.25) is 4.79 Å². The van der Waals surface area contributed by atoms with Gasteiger partial charge in [0.1, 0.15) is 13.2 Å². The molecule has 0 spiro atoms. The van der Waals surface area contributed by atoms with E-state index in [2.05, 4.69) is 21.2 Å². The zero-order valence-corrected chi connectivity index (χ0v) is 12.1. The van der Waals surface area contributed by atoms with Crippen LogP contribution >= 0.6 is 15.9 Å². The van der Waals surface area contributed by atoms with Crippen LogP contribution in [0.3, 0.4) is 0 Å². The molecule has 1 aliphatic heterocycles. The van der Waals surface area contributed by atoms with Gasteiger partial charge in [-0.25, -0.2) is 0 Å². The van der Waals surface area contributed by atoms with E-state index in [9.17, 15) is 4.79 Å². The predicted octanol–water partition coefficient (Wildman–Crippen LogP) is 2.74. The maximum absolute atomic E-state index is 12.0.